The predicted octanol–water partition coefficient (Wildman–Crippen LogP) is 1.19. The molecule has 0 saturated heterocycles. The van der Waals surface area contributed by atoms with Gasteiger partial charge in [-0.1, -0.05) is 19.3 Å². The van der Waals surface area contributed by atoms with Gasteiger partial charge in [0.25, 0.3) is 5.56 Å². The summed E-state index contributed by atoms with van der Waals surface area (Å²) in [6, 6.07) is 1.60. The molecule has 3 N–H and O–H groups in total. The van der Waals surface area contributed by atoms with Crippen LogP contribution in [-0.2, 0) is 6.54 Å². The molecular formula is C13H22N4O. The molecule has 1 aliphatic rings. The SMILES string of the molecule is NCCNc1cnn(CC2CCCCC2)c(=O)c1. The fourth-order valence-corrected chi connectivity index (χ4v) is 2.50. The molecule has 1 aromatic heterocycles. The van der Waals surface area contributed by atoms with E-state index in [-0.39, 0.29) is 5.56 Å². The zero-order valence-electron chi connectivity index (χ0n) is 10.8. The zero-order chi connectivity index (χ0) is 12.8. The number of nitrogens with two attached hydrogens (primary N) is 1. The van der Waals surface area contributed by atoms with Gasteiger partial charge in [-0.15, -0.1) is 0 Å². The molecule has 0 radical (unpaired) electrons. The maximum absolute atomic E-state index is 11.9. The fourth-order valence-electron chi connectivity index (χ4n) is 2.50. The average molecular weight is 250 g/mol. The Morgan fingerprint density at radius 3 is 2.83 bits per heavy atom. The molecule has 1 aromatic rings. The van der Waals surface area contributed by atoms with E-state index in [9.17, 15) is 4.79 Å². The Morgan fingerprint density at radius 2 is 2.17 bits per heavy atom. The third-order valence-corrected chi connectivity index (χ3v) is 3.50. The molecule has 0 spiro atoms. The second-order valence-electron chi connectivity index (χ2n) is 4.98. The predicted molar refractivity (Wildman–Crippen MR) is 72.6 cm³/mol. The minimum atomic E-state index is -0.0254. The molecule has 100 valence electrons. The molecule has 1 aliphatic carbocycles. The first-order chi connectivity index (χ1) is 8.79. The Bertz CT molecular complexity index is 423. The Hall–Kier alpha value is -1.36. The first-order valence-electron chi connectivity index (χ1n) is 6.80. The number of nitrogens with zero attached hydrogens (tertiary/aromatic N) is 2. The van der Waals surface area contributed by atoms with Gasteiger partial charge in [0, 0.05) is 25.7 Å². The molecule has 1 saturated carbocycles. The van der Waals surface area contributed by atoms with Crippen LogP contribution >= 0.6 is 0 Å². The molecule has 0 bridgehead atoms. The summed E-state index contributed by atoms with van der Waals surface area (Å²) in [5.41, 5.74) is 6.13. The lowest BCUT2D eigenvalue weighted by atomic mass is 9.89. The maximum Gasteiger partial charge on any atom is 0.268 e. The van der Waals surface area contributed by atoms with Gasteiger partial charge in [-0.25, -0.2) is 4.68 Å². The topological polar surface area (TPSA) is 72.9 Å². The second kappa shape index (κ2) is 6.54. The van der Waals surface area contributed by atoms with Crippen LogP contribution < -0.4 is 16.6 Å². The summed E-state index contributed by atoms with van der Waals surface area (Å²) < 4.78 is 1.59. The first-order valence-corrected chi connectivity index (χ1v) is 6.80. The van der Waals surface area contributed by atoms with Crippen molar-refractivity contribution in [3.05, 3.63) is 22.6 Å². The molecule has 1 fully saturated rings. The van der Waals surface area contributed by atoms with E-state index in [2.05, 4.69) is 10.4 Å². The molecule has 5 heteroatoms. The van der Waals surface area contributed by atoms with Crippen LogP contribution in [0.5, 0.6) is 0 Å². The molecule has 0 atom stereocenters. The highest BCUT2D eigenvalue weighted by Crippen LogP contribution is 2.24. The van der Waals surface area contributed by atoms with Crippen LogP contribution in [0.15, 0.2) is 17.1 Å². The summed E-state index contributed by atoms with van der Waals surface area (Å²) in [6.07, 6.45) is 8.06. The van der Waals surface area contributed by atoms with E-state index in [4.69, 9.17) is 5.73 Å². The number of rotatable bonds is 5. The zero-order valence-corrected chi connectivity index (χ0v) is 10.8. The van der Waals surface area contributed by atoms with Gasteiger partial charge in [0.1, 0.15) is 0 Å². The number of anilines is 1. The highest BCUT2D eigenvalue weighted by molar-refractivity contribution is 5.38. The van der Waals surface area contributed by atoms with Gasteiger partial charge >= 0.3 is 0 Å². The first kappa shape index (κ1) is 13.1. The van der Waals surface area contributed by atoms with Crippen molar-refractivity contribution in [1.29, 1.82) is 0 Å². The van der Waals surface area contributed by atoms with Crippen molar-refractivity contribution in [2.45, 2.75) is 38.6 Å². The number of aromatic nitrogens is 2. The van der Waals surface area contributed by atoms with Gasteiger partial charge in [-0.2, -0.15) is 5.10 Å². The molecule has 0 aliphatic heterocycles. The van der Waals surface area contributed by atoms with Crippen molar-refractivity contribution in [3.8, 4) is 0 Å². The van der Waals surface area contributed by atoms with Crippen LogP contribution in [0, 0.1) is 5.92 Å². The normalized spacial score (nSPS) is 16.7. The average Bonchev–Trinajstić information content (AvgIpc) is 2.40. The molecule has 1 heterocycles. The molecule has 0 aromatic carbocycles. The molecular weight excluding hydrogens is 228 g/mol. The van der Waals surface area contributed by atoms with Crippen LogP contribution in [0.3, 0.4) is 0 Å². The smallest absolute Gasteiger partial charge is 0.268 e. The lowest BCUT2D eigenvalue weighted by Crippen LogP contribution is -2.27. The highest BCUT2D eigenvalue weighted by Gasteiger charge is 2.14. The van der Waals surface area contributed by atoms with E-state index >= 15 is 0 Å². The Labute approximate surface area is 107 Å². The van der Waals surface area contributed by atoms with E-state index in [1.54, 1.807) is 16.9 Å². The monoisotopic (exact) mass is 250 g/mol. The van der Waals surface area contributed by atoms with Gasteiger partial charge in [0.15, 0.2) is 0 Å². The van der Waals surface area contributed by atoms with Crippen LogP contribution in [0.25, 0.3) is 0 Å². The number of nitrogens with one attached hydrogen (secondary N) is 1. The maximum atomic E-state index is 11.9. The van der Waals surface area contributed by atoms with Crippen molar-refractivity contribution >= 4 is 5.69 Å². The van der Waals surface area contributed by atoms with E-state index < -0.39 is 0 Å². The summed E-state index contributed by atoms with van der Waals surface area (Å²) >= 11 is 0. The van der Waals surface area contributed by atoms with Gasteiger partial charge in [0.05, 0.1) is 11.9 Å². The van der Waals surface area contributed by atoms with E-state index in [1.165, 1.54) is 32.1 Å². The number of hydrogen-bond acceptors (Lipinski definition) is 4. The van der Waals surface area contributed by atoms with Gasteiger partial charge < -0.3 is 11.1 Å². The standard InChI is InChI=1S/C13H22N4O/c14-6-7-15-12-8-13(18)17(16-9-12)10-11-4-2-1-3-5-11/h8-9,11,15H,1-7,10,14H2. The Balaban J connectivity index is 1.98. The van der Waals surface area contributed by atoms with Crippen molar-refractivity contribution in [2.75, 3.05) is 18.4 Å². The number of hydrogen-bond donors (Lipinski definition) is 2. The van der Waals surface area contributed by atoms with Crippen molar-refractivity contribution in [3.63, 3.8) is 0 Å². The molecule has 2 rings (SSSR count). The van der Waals surface area contributed by atoms with Gasteiger partial charge in [-0.3, -0.25) is 4.79 Å². The van der Waals surface area contributed by atoms with Crippen molar-refractivity contribution < 1.29 is 0 Å². The minimum absolute atomic E-state index is 0.0254. The largest absolute Gasteiger partial charge is 0.382 e. The Morgan fingerprint density at radius 1 is 1.39 bits per heavy atom. The molecule has 5 nitrogen and oxygen atoms in total. The highest BCUT2D eigenvalue weighted by atomic mass is 16.1. The summed E-state index contributed by atoms with van der Waals surface area (Å²) in [5, 5.41) is 7.29. The second-order valence-corrected chi connectivity index (χ2v) is 4.98. The van der Waals surface area contributed by atoms with E-state index in [0.717, 1.165) is 12.2 Å². The van der Waals surface area contributed by atoms with Gasteiger partial charge in [-0.05, 0) is 18.8 Å². The fraction of sp³-hybridized carbons (Fsp3) is 0.692. The summed E-state index contributed by atoms with van der Waals surface area (Å²) in [5.74, 6) is 0.617. The lowest BCUT2D eigenvalue weighted by Gasteiger charge is -2.21. The van der Waals surface area contributed by atoms with Gasteiger partial charge in [0.2, 0.25) is 0 Å². The third-order valence-electron chi connectivity index (χ3n) is 3.50. The summed E-state index contributed by atoms with van der Waals surface area (Å²) in [6.45, 7) is 1.97. The van der Waals surface area contributed by atoms with Crippen LogP contribution in [0.1, 0.15) is 32.1 Å². The van der Waals surface area contributed by atoms with Crippen molar-refractivity contribution in [1.82, 2.24) is 9.78 Å². The van der Waals surface area contributed by atoms with Crippen LogP contribution in [-0.4, -0.2) is 22.9 Å². The third kappa shape index (κ3) is 3.57. The minimum Gasteiger partial charge on any atom is -0.382 e. The van der Waals surface area contributed by atoms with E-state index in [0.29, 0.717) is 19.0 Å². The molecule has 0 unspecified atom stereocenters. The molecule has 0 amide bonds. The van der Waals surface area contributed by atoms with Crippen LogP contribution in [0.2, 0.25) is 0 Å². The summed E-state index contributed by atoms with van der Waals surface area (Å²) in [7, 11) is 0. The Kier molecular flexibility index (Phi) is 4.75. The lowest BCUT2D eigenvalue weighted by molar-refractivity contribution is 0.302. The van der Waals surface area contributed by atoms with Crippen LogP contribution in [0.4, 0.5) is 5.69 Å². The molecule has 18 heavy (non-hydrogen) atoms. The van der Waals surface area contributed by atoms with Crippen molar-refractivity contribution in [2.24, 2.45) is 11.7 Å². The summed E-state index contributed by atoms with van der Waals surface area (Å²) in [4.78, 5) is 11.9. The quantitative estimate of drug-likeness (QED) is 0.823. The van der Waals surface area contributed by atoms with E-state index in [1.807, 2.05) is 0 Å².